The smallest absolute Gasteiger partial charge is 0.206 e. The number of ether oxygens (including phenoxy) is 2. The predicted molar refractivity (Wildman–Crippen MR) is 150 cm³/mol. The largest absolute Gasteiger partial charge is 0.343 e. The van der Waals surface area contributed by atoms with E-state index in [-0.39, 0.29) is 12.1 Å². The van der Waals surface area contributed by atoms with E-state index >= 15 is 0 Å². The minimum Gasteiger partial charge on any atom is -0.343 e. The van der Waals surface area contributed by atoms with E-state index in [0.29, 0.717) is 6.61 Å². The van der Waals surface area contributed by atoms with Crippen LogP contribution in [0.2, 0.25) is 0 Å². The van der Waals surface area contributed by atoms with Crippen molar-refractivity contribution in [2.24, 2.45) is 0 Å². The average Bonchev–Trinajstić information content (AvgIpc) is 3.10. The monoisotopic (exact) mass is 484 g/mol. The fourth-order valence-corrected chi connectivity index (χ4v) is 6.05. The van der Waals surface area contributed by atoms with Gasteiger partial charge in [0.1, 0.15) is 12.7 Å². The fourth-order valence-electron chi connectivity index (χ4n) is 6.05. The number of benzene rings is 5. The van der Waals surface area contributed by atoms with Crippen LogP contribution in [-0.2, 0) is 16.0 Å². The van der Waals surface area contributed by atoms with E-state index in [1.165, 1.54) is 49.4 Å². The summed E-state index contributed by atoms with van der Waals surface area (Å²) in [6.45, 7) is 5.39. The molecule has 2 aliphatic rings. The highest BCUT2D eigenvalue weighted by atomic mass is 16.7. The Morgan fingerprint density at radius 3 is 2.11 bits per heavy atom. The Morgan fingerprint density at radius 2 is 1.35 bits per heavy atom. The molecule has 0 radical (unpaired) electrons. The second-order valence-corrected chi connectivity index (χ2v) is 10.6. The van der Waals surface area contributed by atoms with Crippen molar-refractivity contribution in [2.75, 3.05) is 6.61 Å². The molecule has 5 aromatic carbocycles. The van der Waals surface area contributed by atoms with Crippen LogP contribution in [0.5, 0.6) is 0 Å². The molecule has 0 bridgehead atoms. The Hall–Kier alpha value is -3.79. The van der Waals surface area contributed by atoms with Crippen LogP contribution < -0.4 is 0 Å². The third-order valence-electron chi connectivity index (χ3n) is 7.80. The maximum atomic E-state index is 6.60. The van der Waals surface area contributed by atoms with Gasteiger partial charge < -0.3 is 9.47 Å². The lowest BCUT2D eigenvalue weighted by Gasteiger charge is -2.39. The molecule has 0 aromatic heterocycles. The molecule has 0 aliphatic carbocycles. The minimum absolute atomic E-state index is 0.0344. The molecule has 1 fully saturated rings. The second kappa shape index (κ2) is 8.65. The van der Waals surface area contributed by atoms with Gasteiger partial charge in [-0.3, -0.25) is 0 Å². The maximum absolute atomic E-state index is 6.60. The van der Waals surface area contributed by atoms with Crippen LogP contribution in [-0.4, -0.2) is 29.2 Å². The summed E-state index contributed by atoms with van der Waals surface area (Å²) in [6, 6.07) is 37.2. The highest BCUT2D eigenvalue weighted by Crippen LogP contribution is 2.42. The van der Waals surface area contributed by atoms with E-state index in [1.807, 2.05) is 13.8 Å². The summed E-state index contributed by atoms with van der Waals surface area (Å²) < 4.78 is 15.3. The molecule has 37 heavy (non-hydrogen) atoms. The van der Waals surface area contributed by atoms with E-state index in [1.54, 1.807) is 0 Å². The lowest BCUT2D eigenvalue weighted by Crippen LogP contribution is -2.49. The summed E-state index contributed by atoms with van der Waals surface area (Å²) in [4.78, 5) is 0. The Labute approximate surface area is 217 Å². The first-order valence-electron chi connectivity index (χ1n) is 13.1. The van der Waals surface area contributed by atoms with Crippen molar-refractivity contribution in [3.05, 3.63) is 120 Å². The van der Waals surface area contributed by atoms with Crippen LogP contribution in [0.25, 0.3) is 32.7 Å². The van der Waals surface area contributed by atoms with Gasteiger partial charge in [-0.2, -0.15) is 0 Å². The Balaban J connectivity index is 1.47. The zero-order valence-corrected chi connectivity index (χ0v) is 21.2. The summed E-state index contributed by atoms with van der Waals surface area (Å²) in [6.07, 6.45) is 2.23. The number of nitrogens with zero attached hydrogens (tertiary/aromatic N) is 1. The quantitative estimate of drug-likeness (QED) is 0.242. The van der Waals surface area contributed by atoms with Gasteiger partial charge >= 0.3 is 0 Å². The van der Waals surface area contributed by atoms with E-state index in [2.05, 4.69) is 114 Å². The van der Waals surface area contributed by atoms with Gasteiger partial charge in [-0.25, -0.2) is 4.58 Å². The average molecular weight is 485 g/mol. The van der Waals surface area contributed by atoms with E-state index < -0.39 is 5.79 Å². The summed E-state index contributed by atoms with van der Waals surface area (Å²) in [7, 11) is 0. The zero-order chi connectivity index (χ0) is 25.0. The highest BCUT2D eigenvalue weighted by Gasteiger charge is 2.44. The summed E-state index contributed by atoms with van der Waals surface area (Å²) in [5.41, 5.74) is 6.37. The Morgan fingerprint density at radius 1 is 0.703 bits per heavy atom. The zero-order valence-electron chi connectivity index (χ0n) is 21.2. The first-order chi connectivity index (χ1) is 18.1. The molecule has 2 heterocycles. The van der Waals surface area contributed by atoms with Crippen molar-refractivity contribution >= 4 is 27.8 Å². The van der Waals surface area contributed by atoms with Gasteiger partial charge in [0.2, 0.25) is 6.04 Å². The number of hydrogen-bond acceptors (Lipinski definition) is 2. The van der Waals surface area contributed by atoms with Gasteiger partial charge in [-0.15, -0.1) is 0 Å². The van der Waals surface area contributed by atoms with Crippen LogP contribution in [0.15, 0.2) is 103 Å². The van der Waals surface area contributed by atoms with Gasteiger partial charge in [-0.1, -0.05) is 97.1 Å². The molecule has 5 aromatic rings. The molecular formula is C34H30NO2+. The standard InChI is InChI=1S/C34H30NO2/c1-34(2)36-22-30(33(37-34)25-12-4-3-5-13-25)35-20-26-18-16-23-10-6-8-14-28(23)31(26)32-27(21-35)19-17-24-11-7-9-15-29(24)32/h3-20,30,33H,21-22H2,1-2H3/q+1/t30-,33-/m1/s1. The molecule has 2 aliphatic heterocycles. The number of rotatable bonds is 2. The van der Waals surface area contributed by atoms with Gasteiger partial charge in [-0.05, 0) is 47.0 Å². The lowest BCUT2D eigenvalue weighted by molar-refractivity contribution is -0.607. The van der Waals surface area contributed by atoms with E-state index in [4.69, 9.17) is 9.47 Å². The highest BCUT2D eigenvalue weighted by molar-refractivity contribution is 6.11. The third-order valence-corrected chi connectivity index (χ3v) is 7.80. The van der Waals surface area contributed by atoms with Crippen LogP contribution in [0.4, 0.5) is 0 Å². The van der Waals surface area contributed by atoms with Crippen molar-refractivity contribution in [1.82, 2.24) is 0 Å². The number of hydrogen-bond donors (Lipinski definition) is 0. The molecule has 3 nitrogen and oxygen atoms in total. The van der Waals surface area contributed by atoms with Gasteiger partial charge in [0.05, 0.1) is 0 Å². The van der Waals surface area contributed by atoms with E-state index in [0.717, 1.165) is 6.54 Å². The summed E-state index contributed by atoms with van der Waals surface area (Å²) >= 11 is 0. The van der Waals surface area contributed by atoms with E-state index in [9.17, 15) is 0 Å². The Kier molecular flexibility index (Phi) is 5.24. The molecule has 7 rings (SSSR count). The molecule has 2 atom stereocenters. The molecule has 0 spiro atoms. The van der Waals surface area contributed by atoms with Crippen molar-refractivity contribution in [3.63, 3.8) is 0 Å². The van der Waals surface area contributed by atoms with Crippen LogP contribution in [0.1, 0.15) is 36.6 Å². The van der Waals surface area contributed by atoms with Crippen molar-refractivity contribution in [2.45, 2.75) is 38.3 Å². The van der Waals surface area contributed by atoms with Gasteiger partial charge in [0.15, 0.2) is 18.5 Å². The number of fused-ring (bicyclic) bond motifs is 7. The van der Waals surface area contributed by atoms with Crippen LogP contribution in [0, 0.1) is 0 Å². The summed E-state index contributed by atoms with van der Waals surface area (Å²) in [5.74, 6) is -0.634. The molecule has 0 saturated carbocycles. The molecule has 1 saturated heterocycles. The van der Waals surface area contributed by atoms with Crippen molar-refractivity contribution in [3.8, 4) is 11.1 Å². The van der Waals surface area contributed by atoms with Crippen molar-refractivity contribution < 1.29 is 14.0 Å². The normalized spacial score (nSPS) is 20.6. The SMILES string of the molecule is CC1(C)OC[C@@H]([N+]2=Cc3ccc4ccccc4c3-c3c(ccc4ccccc34)C2)[C@@H](c2ccccc2)O1. The topological polar surface area (TPSA) is 21.5 Å². The molecule has 0 unspecified atom stereocenters. The molecule has 3 heteroatoms. The third kappa shape index (κ3) is 3.87. The fraction of sp³-hybridized carbons (Fsp3) is 0.206. The maximum Gasteiger partial charge on any atom is 0.206 e. The Bertz CT molecular complexity index is 1670. The first kappa shape index (κ1) is 22.4. The first-order valence-corrected chi connectivity index (χ1v) is 13.1. The molecule has 182 valence electrons. The van der Waals surface area contributed by atoms with Crippen LogP contribution in [0.3, 0.4) is 0 Å². The van der Waals surface area contributed by atoms with Crippen LogP contribution >= 0.6 is 0 Å². The molecule has 0 amide bonds. The predicted octanol–water partition coefficient (Wildman–Crippen LogP) is 7.50. The second-order valence-electron chi connectivity index (χ2n) is 10.6. The van der Waals surface area contributed by atoms with Gasteiger partial charge in [0, 0.05) is 22.3 Å². The summed E-state index contributed by atoms with van der Waals surface area (Å²) in [5, 5.41) is 5.11. The minimum atomic E-state index is -0.634. The van der Waals surface area contributed by atoms with Crippen molar-refractivity contribution in [1.29, 1.82) is 0 Å². The van der Waals surface area contributed by atoms with Gasteiger partial charge in [0.25, 0.3) is 0 Å². The molecule has 0 N–H and O–H groups in total. The lowest BCUT2D eigenvalue weighted by atomic mass is 9.88. The molecular weight excluding hydrogens is 454 g/mol.